The van der Waals surface area contributed by atoms with E-state index in [-0.39, 0.29) is 5.97 Å². The Hall–Kier alpha value is -2.02. The first-order valence-electron chi connectivity index (χ1n) is 7.79. The number of thioether (sulfide) groups is 1. The second-order valence-electron chi connectivity index (χ2n) is 5.83. The number of nitrogens with zero attached hydrogens (tertiary/aromatic N) is 3. The molecule has 0 saturated heterocycles. The summed E-state index contributed by atoms with van der Waals surface area (Å²) in [6, 6.07) is 7.43. The van der Waals surface area contributed by atoms with Gasteiger partial charge in [0.1, 0.15) is 5.75 Å². The van der Waals surface area contributed by atoms with Crippen LogP contribution in [0.3, 0.4) is 0 Å². The lowest BCUT2D eigenvalue weighted by Crippen LogP contribution is -2.23. The van der Waals surface area contributed by atoms with Gasteiger partial charge in [-0.1, -0.05) is 25.1 Å². The molecule has 7 heteroatoms. The maximum Gasteiger partial charge on any atom is 0.330 e. The second kappa shape index (κ2) is 8.73. The van der Waals surface area contributed by atoms with Crippen LogP contribution in [0.15, 0.2) is 35.4 Å². The van der Waals surface area contributed by atoms with E-state index in [1.807, 2.05) is 30.5 Å². The molecule has 1 aromatic heterocycles. The number of carbonyl (C=O) groups excluding carboxylic acids is 1. The van der Waals surface area contributed by atoms with Gasteiger partial charge in [-0.2, -0.15) is 0 Å². The van der Waals surface area contributed by atoms with Gasteiger partial charge in [0.05, 0.1) is 26.1 Å². The Balaban J connectivity index is 2.04. The standard InChI is InChI=1S/C17H23N3O3S/c1-12(2)8-16(17(21)23-4)20-10-13(18-19-20)11-24-15-7-5-6-14(9-15)22-3/h5-7,9-10,12,16H,8,11H2,1-4H3/t16-/m1/s1. The van der Waals surface area contributed by atoms with Crippen LogP contribution < -0.4 is 4.74 Å². The molecule has 2 aromatic rings. The quantitative estimate of drug-likeness (QED) is 0.538. The third-order valence-corrected chi connectivity index (χ3v) is 4.50. The number of benzene rings is 1. The summed E-state index contributed by atoms with van der Waals surface area (Å²) in [5, 5.41) is 8.28. The number of aromatic nitrogens is 3. The Kier molecular flexibility index (Phi) is 6.66. The average molecular weight is 349 g/mol. The molecule has 0 N–H and O–H groups in total. The van der Waals surface area contributed by atoms with E-state index in [0.717, 1.165) is 16.3 Å². The Morgan fingerprint density at radius 3 is 2.79 bits per heavy atom. The van der Waals surface area contributed by atoms with Gasteiger partial charge in [0.15, 0.2) is 6.04 Å². The Morgan fingerprint density at radius 1 is 1.33 bits per heavy atom. The van der Waals surface area contributed by atoms with Crippen molar-refractivity contribution in [1.29, 1.82) is 0 Å². The van der Waals surface area contributed by atoms with Crippen molar-refractivity contribution in [3.8, 4) is 5.75 Å². The molecule has 2 rings (SSSR count). The first kappa shape index (κ1) is 18.3. The van der Waals surface area contributed by atoms with Gasteiger partial charge in [-0.15, -0.1) is 16.9 Å². The SMILES string of the molecule is COC(=O)[C@@H](CC(C)C)n1cc(CSc2cccc(OC)c2)nn1. The first-order chi connectivity index (χ1) is 11.5. The van der Waals surface area contributed by atoms with Gasteiger partial charge in [0, 0.05) is 10.6 Å². The summed E-state index contributed by atoms with van der Waals surface area (Å²) in [4.78, 5) is 13.1. The van der Waals surface area contributed by atoms with Crippen molar-refractivity contribution >= 4 is 17.7 Å². The van der Waals surface area contributed by atoms with Crippen LogP contribution in [-0.4, -0.2) is 35.2 Å². The molecule has 24 heavy (non-hydrogen) atoms. The molecule has 0 fully saturated rings. The topological polar surface area (TPSA) is 66.2 Å². The highest BCUT2D eigenvalue weighted by atomic mass is 32.2. The Morgan fingerprint density at radius 2 is 2.12 bits per heavy atom. The smallest absolute Gasteiger partial charge is 0.330 e. The van der Waals surface area contributed by atoms with Crippen LogP contribution in [-0.2, 0) is 15.3 Å². The molecule has 0 radical (unpaired) electrons. The lowest BCUT2D eigenvalue weighted by molar-refractivity contribution is -0.145. The van der Waals surface area contributed by atoms with Gasteiger partial charge in [-0.25, -0.2) is 9.48 Å². The fraction of sp³-hybridized carbons (Fsp3) is 0.471. The molecule has 1 heterocycles. The number of carbonyl (C=O) groups is 1. The fourth-order valence-corrected chi connectivity index (χ4v) is 3.10. The predicted molar refractivity (Wildman–Crippen MR) is 93.1 cm³/mol. The van der Waals surface area contributed by atoms with E-state index in [2.05, 4.69) is 24.2 Å². The van der Waals surface area contributed by atoms with E-state index < -0.39 is 6.04 Å². The molecular weight excluding hydrogens is 326 g/mol. The lowest BCUT2D eigenvalue weighted by atomic mass is 10.0. The molecule has 0 spiro atoms. The highest BCUT2D eigenvalue weighted by molar-refractivity contribution is 7.98. The Bertz CT molecular complexity index is 673. The van der Waals surface area contributed by atoms with Crippen molar-refractivity contribution in [1.82, 2.24) is 15.0 Å². The molecular formula is C17H23N3O3S. The summed E-state index contributed by atoms with van der Waals surface area (Å²) in [5.41, 5.74) is 0.820. The third kappa shape index (κ3) is 4.99. The minimum absolute atomic E-state index is 0.291. The highest BCUT2D eigenvalue weighted by Gasteiger charge is 2.24. The van der Waals surface area contributed by atoms with Crippen LogP contribution in [0.2, 0.25) is 0 Å². The summed E-state index contributed by atoms with van der Waals surface area (Å²) >= 11 is 1.64. The number of ether oxygens (including phenoxy) is 2. The van der Waals surface area contributed by atoms with Crippen molar-refractivity contribution in [2.24, 2.45) is 5.92 Å². The van der Waals surface area contributed by atoms with Gasteiger partial charge in [-0.3, -0.25) is 0 Å². The molecule has 0 bridgehead atoms. The van der Waals surface area contributed by atoms with E-state index in [1.165, 1.54) is 7.11 Å². The molecule has 6 nitrogen and oxygen atoms in total. The zero-order chi connectivity index (χ0) is 17.5. The van der Waals surface area contributed by atoms with Gasteiger partial charge < -0.3 is 9.47 Å². The largest absolute Gasteiger partial charge is 0.497 e. The molecule has 1 atom stereocenters. The zero-order valence-electron chi connectivity index (χ0n) is 14.4. The number of methoxy groups -OCH3 is 2. The van der Waals surface area contributed by atoms with E-state index in [4.69, 9.17) is 9.47 Å². The number of esters is 1. The van der Waals surface area contributed by atoms with E-state index >= 15 is 0 Å². The molecule has 0 amide bonds. The fourth-order valence-electron chi connectivity index (χ4n) is 2.27. The summed E-state index contributed by atoms with van der Waals surface area (Å²) in [7, 11) is 3.04. The van der Waals surface area contributed by atoms with Crippen molar-refractivity contribution in [3.05, 3.63) is 36.2 Å². The van der Waals surface area contributed by atoms with Gasteiger partial charge in [-0.05, 0) is 30.5 Å². The minimum atomic E-state index is -0.432. The lowest BCUT2D eigenvalue weighted by Gasteiger charge is -2.16. The number of hydrogen-bond donors (Lipinski definition) is 0. The molecule has 130 valence electrons. The number of rotatable bonds is 8. The highest BCUT2D eigenvalue weighted by Crippen LogP contribution is 2.26. The molecule has 0 aliphatic heterocycles. The molecule has 0 aliphatic carbocycles. The summed E-state index contributed by atoms with van der Waals surface area (Å²) in [5.74, 6) is 1.56. The monoisotopic (exact) mass is 349 g/mol. The number of hydrogen-bond acceptors (Lipinski definition) is 6. The maximum absolute atomic E-state index is 12.0. The van der Waals surface area contributed by atoms with Crippen LogP contribution in [0.25, 0.3) is 0 Å². The van der Waals surface area contributed by atoms with Crippen LogP contribution in [0.1, 0.15) is 32.0 Å². The maximum atomic E-state index is 12.0. The molecule has 0 aliphatic rings. The van der Waals surface area contributed by atoms with Gasteiger partial charge in [0.25, 0.3) is 0 Å². The van der Waals surface area contributed by atoms with Crippen molar-refractivity contribution in [2.45, 2.75) is 37.0 Å². The van der Waals surface area contributed by atoms with E-state index in [0.29, 0.717) is 18.1 Å². The molecule has 0 saturated carbocycles. The van der Waals surface area contributed by atoms with Crippen molar-refractivity contribution < 1.29 is 14.3 Å². The predicted octanol–water partition coefficient (Wildman–Crippen LogP) is 3.34. The van der Waals surface area contributed by atoms with Crippen LogP contribution in [0.4, 0.5) is 0 Å². The van der Waals surface area contributed by atoms with Crippen LogP contribution in [0.5, 0.6) is 5.75 Å². The van der Waals surface area contributed by atoms with Gasteiger partial charge in [0.2, 0.25) is 0 Å². The Labute approximate surface area is 146 Å². The normalized spacial score (nSPS) is 12.2. The van der Waals surface area contributed by atoms with Crippen molar-refractivity contribution in [2.75, 3.05) is 14.2 Å². The molecule has 0 unspecified atom stereocenters. The third-order valence-electron chi connectivity index (χ3n) is 3.47. The first-order valence-corrected chi connectivity index (χ1v) is 8.77. The summed E-state index contributed by atoms with van der Waals surface area (Å²) in [6.45, 7) is 4.12. The average Bonchev–Trinajstić information content (AvgIpc) is 3.06. The van der Waals surface area contributed by atoms with Crippen LogP contribution >= 0.6 is 11.8 Å². The zero-order valence-corrected chi connectivity index (χ0v) is 15.2. The van der Waals surface area contributed by atoms with Gasteiger partial charge >= 0.3 is 5.97 Å². The minimum Gasteiger partial charge on any atom is -0.497 e. The van der Waals surface area contributed by atoms with Crippen molar-refractivity contribution in [3.63, 3.8) is 0 Å². The van der Waals surface area contributed by atoms with Crippen LogP contribution in [0, 0.1) is 5.92 Å². The van der Waals surface area contributed by atoms with E-state index in [9.17, 15) is 4.79 Å². The summed E-state index contributed by atoms with van der Waals surface area (Å²) < 4.78 is 11.7. The summed E-state index contributed by atoms with van der Waals surface area (Å²) in [6.07, 6.45) is 2.48. The van der Waals surface area contributed by atoms with E-state index in [1.54, 1.807) is 23.6 Å². The second-order valence-corrected chi connectivity index (χ2v) is 6.87. The molecule has 1 aromatic carbocycles.